The molecule has 0 radical (unpaired) electrons. The van der Waals surface area contributed by atoms with E-state index in [1.165, 1.54) is 0 Å². The van der Waals surface area contributed by atoms with E-state index in [-0.39, 0.29) is 11.9 Å². The Morgan fingerprint density at radius 2 is 2.39 bits per heavy atom. The molecule has 7 heteroatoms. The molecule has 1 unspecified atom stereocenters. The summed E-state index contributed by atoms with van der Waals surface area (Å²) in [6.07, 6.45) is 5.74. The third-order valence-electron chi connectivity index (χ3n) is 4.26. The number of aryl methyl sites for hydroxylation is 1. The second-order valence-corrected chi connectivity index (χ2v) is 6.62. The number of likely N-dealkylation sites (tertiary alicyclic amines) is 1. The molecule has 1 fully saturated rings. The van der Waals surface area contributed by atoms with Gasteiger partial charge >= 0.3 is 0 Å². The quantitative estimate of drug-likeness (QED) is 0.804. The SMILES string of the molecule is Cn1cccc1-c1cc(C(=O)N2CCCC2c2nccs2)[nH]n1. The van der Waals surface area contributed by atoms with Crippen LogP contribution in [0.3, 0.4) is 0 Å². The molecule has 1 saturated heterocycles. The topological polar surface area (TPSA) is 66.8 Å². The lowest BCUT2D eigenvalue weighted by atomic mass is 10.2. The maximum Gasteiger partial charge on any atom is 0.272 e. The number of hydrogen-bond acceptors (Lipinski definition) is 4. The fourth-order valence-corrected chi connectivity index (χ4v) is 3.90. The number of thiazole rings is 1. The zero-order chi connectivity index (χ0) is 15.8. The molecule has 4 heterocycles. The summed E-state index contributed by atoms with van der Waals surface area (Å²) in [5.74, 6) is -0.00402. The smallest absolute Gasteiger partial charge is 0.272 e. The summed E-state index contributed by atoms with van der Waals surface area (Å²) in [6, 6.07) is 5.86. The predicted octanol–water partition coefficient (Wildman–Crippen LogP) is 2.85. The van der Waals surface area contributed by atoms with Gasteiger partial charge in [0.05, 0.1) is 11.7 Å². The Morgan fingerprint density at radius 1 is 1.48 bits per heavy atom. The number of carbonyl (C=O) groups is 1. The van der Waals surface area contributed by atoms with Gasteiger partial charge in [0.25, 0.3) is 5.91 Å². The summed E-state index contributed by atoms with van der Waals surface area (Å²) in [7, 11) is 1.96. The Kier molecular flexibility index (Phi) is 3.49. The third kappa shape index (κ3) is 2.46. The van der Waals surface area contributed by atoms with Crippen molar-refractivity contribution in [2.45, 2.75) is 18.9 Å². The van der Waals surface area contributed by atoms with Crippen LogP contribution in [0.15, 0.2) is 36.0 Å². The Bertz CT molecular complexity index is 819. The summed E-state index contributed by atoms with van der Waals surface area (Å²) in [5.41, 5.74) is 2.30. The zero-order valence-electron chi connectivity index (χ0n) is 12.8. The molecule has 1 aliphatic rings. The number of amides is 1. The molecule has 0 aliphatic carbocycles. The number of nitrogens with one attached hydrogen (secondary N) is 1. The number of nitrogens with zero attached hydrogens (tertiary/aromatic N) is 4. The Hall–Kier alpha value is -2.41. The Balaban J connectivity index is 1.60. The van der Waals surface area contributed by atoms with Crippen LogP contribution in [0.25, 0.3) is 11.4 Å². The van der Waals surface area contributed by atoms with Gasteiger partial charge in [-0.2, -0.15) is 5.10 Å². The van der Waals surface area contributed by atoms with Crippen molar-refractivity contribution in [1.29, 1.82) is 0 Å². The minimum Gasteiger partial charge on any atom is -0.349 e. The second-order valence-electron chi connectivity index (χ2n) is 5.70. The normalized spacial score (nSPS) is 17.8. The standard InChI is InChI=1S/C16H17N5OS/c1-20-7-2-4-13(20)11-10-12(19-18-11)16(22)21-8-3-5-14(21)15-17-6-9-23-15/h2,4,6-7,9-10,14H,3,5,8H2,1H3,(H,18,19). The van der Waals surface area contributed by atoms with Gasteiger partial charge in [0.2, 0.25) is 0 Å². The molecule has 1 N–H and O–H groups in total. The van der Waals surface area contributed by atoms with Crippen molar-refractivity contribution < 1.29 is 4.79 Å². The van der Waals surface area contributed by atoms with E-state index < -0.39 is 0 Å². The lowest BCUT2D eigenvalue weighted by molar-refractivity contribution is 0.0729. The maximum absolute atomic E-state index is 12.8. The summed E-state index contributed by atoms with van der Waals surface area (Å²) in [4.78, 5) is 19.1. The average Bonchev–Trinajstić information content (AvgIpc) is 3.31. The van der Waals surface area contributed by atoms with Crippen molar-refractivity contribution in [2.24, 2.45) is 7.05 Å². The van der Waals surface area contributed by atoms with Crippen molar-refractivity contribution in [2.75, 3.05) is 6.54 Å². The van der Waals surface area contributed by atoms with Gasteiger partial charge in [-0.1, -0.05) is 0 Å². The number of aromatic nitrogens is 4. The molecule has 0 aromatic carbocycles. The van der Waals surface area contributed by atoms with Crippen molar-refractivity contribution in [1.82, 2.24) is 24.6 Å². The number of aromatic amines is 1. The van der Waals surface area contributed by atoms with Crippen LogP contribution in [0, 0.1) is 0 Å². The molecule has 6 nitrogen and oxygen atoms in total. The van der Waals surface area contributed by atoms with Crippen LogP contribution < -0.4 is 0 Å². The van der Waals surface area contributed by atoms with Gasteiger partial charge in [0.1, 0.15) is 16.4 Å². The monoisotopic (exact) mass is 327 g/mol. The first-order valence-electron chi connectivity index (χ1n) is 7.61. The number of carbonyl (C=O) groups excluding carboxylic acids is 1. The first kappa shape index (κ1) is 14.2. The molecule has 3 aromatic heterocycles. The van der Waals surface area contributed by atoms with Crippen LogP contribution in [0.5, 0.6) is 0 Å². The van der Waals surface area contributed by atoms with Crippen molar-refractivity contribution >= 4 is 17.2 Å². The van der Waals surface area contributed by atoms with E-state index in [4.69, 9.17) is 0 Å². The van der Waals surface area contributed by atoms with Crippen LogP contribution in [0.2, 0.25) is 0 Å². The van der Waals surface area contributed by atoms with E-state index in [0.717, 1.165) is 35.8 Å². The molecule has 1 atom stereocenters. The van der Waals surface area contributed by atoms with Crippen LogP contribution in [-0.2, 0) is 7.05 Å². The zero-order valence-corrected chi connectivity index (χ0v) is 13.6. The van der Waals surface area contributed by atoms with Crippen LogP contribution >= 0.6 is 11.3 Å². The third-order valence-corrected chi connectivity index (χ3v) is 5.14. The van der Waals surface area contributed by atoms with Gasteiger partial charge in [0, 0.05) is 31.4 Å². The number of hydrogen-bond donors (Lipinski definition) is 1. The van der Waals surface area contributed by atoms with E-state index in [1.807, 2.05) is 46.3 Å². The molecule has 118 valence electrons. The lowest BCUT2D eigenvalue weighted by Gasteiger charge is -2.22. The number of rotatable bonds is 3. The van der Waals surface area contributed by atoms with Crippen molar-refractivity contribution in [3.63, 3.8) is 0 Å². The van der Waals surface area contributed by atoms with E-state index in [0.29, 0.717) is 5.69 Å². The maximum atomic E-state index is 12.8. The van der Waals surface area contributed by atoms with Crippen molar-refractivity contribution in [3.05, 3.63) is 46.7 Å². The van der Waals surface area contributed by atoms with Gasteiger partial charge < -0.3 is 9.47 Å². The van der Waals surface area contributed by atoms with E-state index in [1.54, 1.807) is 17.5 Å². The van der Waals surface area contributed by atoms with Gasteiger partial charge in [-0.25, -0.2) is 4.98 Å². The van der Waals surface area contributed by atoms with E-state index in [9.17, 15) is 4.79 Å². The number of H-pyrrole nitrogens is 1. The molecule has 0 saturated carbocycles. The molecular formula is C16H17N5OS. The highest BCUT2D eigenvalue weighted by Crippen LogP contribution is 2.34. The Labute approximate surface area is 137 Å². The fourth-order valence-electron chi connectivity index (χ4n) is 3.11. The minimum absolute atomic E-state index is 0.00402. The van der Waals surface area contributed by atoms with Gasteiger partial charge in [-0.15, -0.1) is 11.3 Å². The van der Waals surface area contributed by atoms with Crippen LogP contribution in [0.1, 0.15) is 34.4 Å². The van der Waals surface area contributed by atoms with Gasteiger partial charge in [-0.05, 0) is 31.0 Å². The Morgan fingerprint density at radius 3 is 3.13 bits per heavy atom. The highest BCUT2D eigenvalue weighted by Gasteiger charge is 2.33. The molecule has 0 bridgehead atoms. The molecular weight excluding hydrogens is 310 g/mol. The van der Waals surface area contributed by atoms with E-state index >= 15 is 0 Å². The van der Waals surface area contributed by atoms with Crippen LogP contribution in [0.4, 0.5) is 0 Å². The summed E-state index contributed by atoms with van der Waals surface area (Å²) < 4.78 is 1.98. The highest BCUT2D eigenvalue weighted by atomic mass is 32.1. The van der Waals surface area contributed by atoms with Crippen molar-refractivity contribution in [3.8, 4) is 11.4 Å². The molecule has 3 aromatic rings. The molecule has 1 aliphatic heterocycles. The first-order valence-corrected chi connectivity index (χ1v) is 8.49. The highest BCUT2D eigenvalue weighted by molar-refractivity contribution is 7.09. The summed E-state index contributed by atoms with van der Waals surface area (Å²) in [5, 5.41) is 10.2. The van der Waals surface area contributed by atoms with Gasteiger partial charge in [0.15, 0.2) is 0 Å². The second kappa shape index (κ2) is 5.66. The first-order chi connectivity index (χ1) is 11.2. The fraction of sp³-hybridized carbons (Fsp3) is 0.312. The lowest BCUT2D eigenvalue weighted by Crippen LogP contribution is -2.30. The molecule has 4 rings (SSSR count). The summed E-state index contributed by atoms with van der Waals surface area (Å²) >= 11 is 1.61. The average molecular weight is 327 g/mol. The van der Waals surface area contributed by atoms with Gasteiger partial charge in [-0.3, -0.25) is 9.89 Å². The molecule has 1 amide bonds. The van der Waals surface area contributed by atoms with Crippen LogP contribution in [-0.4, -0.2) is 37.1 Å². The molecule has 0 spiro atoms. The van der Waals surface area contributed by atoms with E-state index in [2.05, 4.69) is 15.2 Å². The summed E-state index contributed by atoms with van der Waals surface area (Å²) in [6.45, 7) is 0.765. The predicted molar refractivity (Wildman–Crippen MR) is 88.1 cm³/mol. The minimum atomic E-state index is -0.00402. The molecule has 23 heavy (non-hydrogen) atoms. The largest absolute Gasteiger partial charge is 0.349 e.